The first kappa shape index (κ1) is 17.3. The van der Waals surface area contributed by atoms with E-state index in [1.807, 2.05) is 4.90 Å². The Labute approximate surface area is 152 Å². The highest BCUT2D eigenvalue weighted by atomic mass is 19.4. The van der Waals surface area contributed by atoms with Crippen molar-refractivity contribution in [3.05, 3.63) is 54.1 Å². The monoisotopic (exact) mass is 376 g/mol. The number of anilines is 1. The molecule has 3 aromatic rings. The van der Waals surface area contributed by atoms with Crippen LogP contribution in [-0.4, -0.2) is 56.6 Å². The van der Waals surface area contributed by atoms with Crippen molar-refractivity contribution in [2.75, 3.05) is 31.1 Å². The third-order valence-electron chi connectivity index (χ3n) is 4.44. The highest BCUT2D eigenvalue weighted by Gasteiger charge is 2.31. The number of amides is 1. The smallest absolute Gasteiger partial charge is 0.353 e. The van der Waals surface area contributed by atoms with Crippen molar-refractivity contribution in [2.24, 2.45) is 0 Å². The van der Waals surface area contributed by atoms with Gasteiger partial charge in [-0.15, -0.1) is 0 Å². The zero-order valence-corrected chi connectivity index (χ0v) is 14.1. The van der Waals surface area contributed by atoms with E-state index in [2.05, 4.69) is 15.1 Å². The largest absolute Gasteiger partial charge is 0.417 e. The molecule has 4 heterocycles. The van der Waals surface area contributed by atoms with Gasteiger partial charge in [0.2, 0.25) is 0 Å². The number of piperazine rings is 1. The van der Waals surface area contributed by atoms with Crippen LogP contribution in [0.25, 0.3) is 5.65 Å². The van der Waals surface area contributed by atoms with Crippen molar-refractivity contribution in [1.82, 2.24) is 24.5 Å². The van der Waals surface area contributed by atoms with E-state index in [1.54, 1.807) is 29.4 Å². The number of halogens is 3. The van der Waals surface area contributed by atoms with Crippen molar-refractivity contribution >= 4 is 17.4 Å². The number of hydrogen-bond acceptors (Lipinski definition) is 5. The maximum atomic E-state index is 12.6. The van der Waals surface area contributed by atoms with Gasteiger partial charge in [-0.3, -0.25) is 4.79 Å². The molecule has 0 atom stereocenters. The molecule has 0 unspecified atom stereocenters. The van der Waals surface area contributed by atoms with Gasteiger partial charge in [0.05, 0.1) is 5.56 Å². The summed E-state index contributed by atoms with van der Waals surface area (Å²) in [4.78, 5) is 24.2. The van der Waals surface area contributed by atoms with Crippen LogP contribution < -0.4 is 4.90 Å². The van der Waals surface area contributed by atoms with Gasteiger partial charge < -0.3 is 9.80 Å². The zero-order chi connectivity index (χ0) is 19.0. The van der Waals surface area contributed by atoms with E-state index < -0.39 is 11.7 Å². The van der Waals surface area contributed by atoms with Crippen LogP contribution in [0.5, 0.6) is 0 Å². The molecule has 7 nitrogen and oxygen atoms in total. The number of aromatic nitrogens is 4. The van der Waals surface area contributed by atoms with Crippen molar-refractivity contribution in [3.8, 4) is 0 Å². The molecule has 0 spiro atoms. The Morgan fingerprint density at radius 2 is 1.78 bits per heavy atom. The second-order valence-corrected chi connectivity index (χ2v) is 6.13. The molecule has 0 bridgehead atoms. The first-order chi connectivity index (χ1) is 12.9. The number of hydrogen-bond donors (Lipinski definition) is 0. The minimum Gasteiger partial charge on any atom is -0.353 e. The van der Waals surface area contributed by atoms with Gasteiger partial charge in [0.1, 0.15) is 11.5 Å². The highest BCUT2D eigenvalue weighted by molar-refractivity contribution is 5.92. The molecular weight excluding hydrogens is 361 g/mol. The third kappa shape index (κ3) is 3.42. The number of imidazole rings is 1. The molecule has 0 aliphatic carbocycles. The number of carbonyl (C=O) groups excluding carboxylic acids is 1. The fraction of sp³-hybridized carbons (Fsp3) is 0.294. The van der Waals surface area contributed by atoms with E-state index in [-0.39, 0.29) is 5.91 Å². The zero-order valence-electron chi connectivity index (χ0n) is 14.1. The van der Waals surface area contributed by atoms with Crippen molar-refractivity contribution in [3.63, 3.8) is 0 Å². The average Bonchev–Trinajstić information content (AvgIpc) is 3.15. The fourth-order valence-electron chi connectivity index (χ4n) is 2.97. The van der Waals surface area contributed by atoms with Gasteiger partial charge in [0.15, 0.2) is 5.65 Å². The summed E-state index contributed by atoms with van der Waals surface area (Å²) >= 11 is 0. The van der Waals surface area contributed by atoms with Crippen LogP contribution in [0.2, 0.25) is 0 Å². The van der Waals surface area contributed by atoms with Crippen molar-refractivity contribution in [2.45, 2.75) is 6.18 Å². The molecule has 27 heavy (non-hydrogen) atoms. The second kappa shape index (κ2) is 6.53. The summed E-state index contributed by atoms with van der Waals surface area (Å²) in [5.41, 5.74) is 0.201. The minimum absolute atomic E-state index is 0.189. The lowest BCUT2D eigenvalue weighted by Crippen LogP contribution is -2.49. The lowest BCUT2D eigenvalue weighted by atomic mass is 10.2. The van der Waals surface area contributed by atoms with Gasteiger partial charge in [-0.25, -0.2) is 14.5 Å². The predicted octanol–water partition coefficient (Wildman–Crippen LogP) is 2.11. The topological polar surface area (TPSA) is 66.6 Å². The lowest BCUT2D eigenvalue weighted by molar-refractivity contribution is -0.137. The van der Waals surface area contributed by atoms with Crippen molar-refractivity contribution in [1.29, 1.82) is 0 Å². The number of nitrogens with zero attached hydrogens (tertiary/aromatic N) is 6. The fourth-order valence-corrected chi connectivity index (χ4v) is 2.97. The van der Waals surface area contributed by atoms with Crippen molar-refractivity contribution < 1.29 is 18.0 Å². The Morgan fingerprint density at radius 3 is 2.44 bits per heavy atom. The van der Waals surface area contributed by atoms with E-state index in [0.717, 1.165) is 12.3 Å². The Bertz CT molecular complexity index is 961. The van der Waals surface area contributed by atoms with Gasteiger partial charge in [-0.1, -0.05) is 0 Å². The maximum absolute atomic E-state index is 12.6. The molecule has 1 aliphatic heterocycles. The Balaban J connectivity index is 1.41. The summed E-state index contributed by atoms with van der Waals surface area (Å²) in [5.74, 6) is 0.277. The van der Waals surface area contributed by atoms with E-state index >= 15 is 0 Å². The quantitative estimate of drug-likeness (QED) is 0.685. The van der Waals surface area contributed by atoms with Crippen LogP contribution in [0.4, 0.5) is 19.0 Å². The van der Waals surface area contributed by atoms with Crippen LogP contribution in [0.1, 0.15) is 16.1 Å². The SMILES string of the molecule is O=C(c1ccc2nccn2n1)N1CCN(c2ccc(C(F)(F)F)cn2)CC1. The van der Waals surface area contributed by atoms with Gasteiger partial charge in [-0.05, 0) is 24.3 Å². The summed E-state index contributed by atoms with van der Waals surface area (Å²) < 4.78 is 39.4. The average molecular weight is 376 g/mol. The van der Waals surface area contributed by atoms with Gasteiger partial charge in [0, 0.05) is 44.8 Å². The second-order valence-electron chi connectivity index (χ2n) is 6.13. The van der Waals surface area contributed by atoms with Crippen LogP contribution in [0.3, 0.4) is 0 Å². The first-order valence-corrected chi connectivity index (χ1v) is 8.30. The Kier molecular flexibility index (Phi) is 4.17. The molecule has 1 fully saturated rings. The summed E-state index contributed by atoms with van der Waals surface area (Å²) in [6.45, 7) is 1.84. The normalized spacial score (nSPS) is 15.4. The number of carbonyl (C=O) groups is 1. The summed E-state index contributed by atoms with van der Waals surface area (Å²) in [6.07, 6.45) is -0.302. The molecule has 0 radical (unpaired) electrons. The summed E-state index contributed by atoms with van der Waals surface area (Å²) in [7, 11) is 0. The van der Waals surface area contributed by atoms with Gasteiger partial charge >= 0.3 is 6.18 Å². The maximum Gasteiger partial charge on any atom is 0.417 e. The highest BCUT2D eigenvalue weighted by Crippen LogP contribution is 2.29. The number of rotatable bonds is 2. The Morgan fingerprint density at radius 1 is 1.00 bits per heavy atom. The van der Waals surface area contributed by atoms with E-state index in [9.17, 15) is 18.0 Å². The molecule has 0 saturated carbocycles. The molecule has 1 aliphatic rings. The standard InChI is InChI=1S/C17H15F3N6O/c18-17(19,20)12-1-3-14(22-11-12)24-7-9-25(10-8-24)16(27)13-2-4-15-21-5-6-26(15)23-13/h1-6,11H,7-10H2. The molecule has 1 amide bonds. The molecule has 140 valence electrons. The van der Waals surface area contributed by atoms with Crippen LogP contribution in [-0.2, 0) is 6.18 Å². The van der Waals surface area contributed by atoms with Gasteiger partial charge in [0.25, 0.3) is 5.91 Å². The molecule has 4 rings (SSSR count). The number of alkyl halides is 3. The Hall–Kier alpha value is -3.17. The van der Waals surface area contributed by atoms with E-state index in [0.29, 0.717) is 43.3 Å². The van der Waals surface area contributed by atoms with E-state index in [4.69, 9.17) is 0 Å². The molecule has 1 saturated heterocycles. The van der Waals surface area contributed by atoms with Crippen LogP contribution in [0.15, 0.2) is 42.9 Å². The summed E-state index contributed by atoms with van der Waals surface area (Å²) in [6, 6.07) is 5.73. The molecule has 3 aromatic heterocycles. The lowest BCUT2D eigenvalue weighted by Gasteiger charge is -2.35. The van der Waals surface area contributed by atoms with Gasteiger partial charge in [-0.2, -0.15) is 18.3 Å². The van der Waals surface area contributed by atoms with Crippen LogP contribution >= 0.6 is 0 Å². The summed E-state index contributed by atoms with van der Waals surface area (Å²) in [5, 5.41) is 4.25. The van der Waals surface area contributed by atoms with E-state index in [1.165, 1.54) is 10.6 Å². The molecule has 0 N–H and O–H groups in total. The molecule has 10 heteroatoms. The molecular formula is C17H15F3N6O. The minimum atomic E-state index is -4.40. The number of pyridine rings is 1. The predicted molar refractivity (Wildman–Crippen MR) is 90.3 cm³/mol. The van der Waals surface area contributed by atoms with Crippen LogP contribution in [0, 0.1) is 0 Å². The molecule has 0 aromatic carbocycles. The first-order valence-electron chi connectivity index (χ1n) is 8.30. The third-order valence-corrected chi connectivity index (χ3v) is 4.44. The number of fused-ring (bicyclic) bond motifs is 1.